The van der Waals surface area contributed by atoms with Crippen molar-refractivity contribution in [2.24, 2.45) is 11.8 Å². The number of benzene rings is 1. The summed E-state index contributed by atoms with van der Waals surface area (Å²) in [5.41, 5.74) is 2.67. The summed E-state index contributed by atoms with van der Waals surface area (Å²) in [4.78, 5) is 15.0. The summed E-state index contributed by atoms with van der Waals surface area (Å²) >= 11 is 0. The van der Waals surface area contributed by atoms with Crippen molar-refractivity contribution < 1.29 is 14.6 Å². The number of aliphatic hydroxyl groups is 1. The number of nitrogens with one attached hydrogen (secondary N) is 1. The Balaban J connectivity index is 1.51. The number of rotatable bonds is 5. The average Bonchev–Trinajstić information content (AvgIpc) is 3.09. The predicted molar refractivity (Wildman–Crippen MR) is 90.6 cm³/mol. The third-order valence-electron chi connectivity index (χ3n) is 5.99. The molecule has 3 atom stereocenters. The molecule has 1 amide bonds. The number of carbonyl (C=O) groups excluding carboxylic acids is 1. The highest BCUT2D eigenvalue weighted by Gasteiger charge is 2.47. The van der Waals surface area contributed by atoms with E-state index in [1.165, 1.54) is 11.1 Å². The smallest absolute Gasteiger partial charge is 0.223 e. The van der Waals surface area contributed by atoms with Crippen LogP contribution in [0.15, 0.2) is 24.3 Å². The van der Waals surface area contributed by atoms with Crippen LogP contribution in [0.3, 0.4) is 0 Å². The zero-order chi connectivity index (χ0) is 16.7. The fourth-order valence-corrected chi connectivity index (χ4v) is 4.60. The van der Waals surface area contributed by atoms with Gasteiger partial charge in [0.05, 0.1) is 18.8 Å². The molecule has 1 saturated heterocycles. The summed E-state index contributed by atoms with van der Waals surface area (Å²) in [5, 5.41) is 12.8. The predicted octanol–water partition coefficient (Wildman–Crippen LogP) is 1.29. The van der Waals surface area contributed by atoms with Crippen LogP contribution in [0.2, 0.25) is 0 Å². The molecule has 0 aromatic heterocycles. The van der Waals surface area contributed by atoms with Crippen molar-refractivity contribution >= 4 is 5.91 Å². The summed E-state index contributed by atoms with van der Waals surface area (Å²) < 4.78 is 5.22. The fraction of sp³-hybridized carbons (Fsp3) is 0.632. The highest BCUT2D eigenvalue weighted by atomic mass is 16.5. The molecule has 0 spiro atoms. The van der Waals surface area contributed by atoms with Crippen LogP contribution in [0, 0.1) is 11.8 Å². The lowest BCUT2D eigenvalue weighted by Gasteiger charge is -2.32. The van der Waals surface area contributed by atoms with Crippen molar-refractivity contribution in [3.8, 4) is 0 Å². The van der Waals surface area contributed by atoms with Crippen LogP contribution in [0.25, 0.3) is 0 Å². The summed E-state index contributed by atoms with van der Waals surface area (Å²) in [6.07, 6.45) is 0.920. The monoisotopic (exact) mass is 330 g/mol. The topological polar surface area (TPSA) is 61.8 Å². The Hall–Kier alpha value is -1.43. The quantitative estimate of drug-likeness (QED) is 0.854. The lowest BCUT2D eigenvalue weighted by Crippen LogP contribution is -2.43. The first kappa shape index (κ1) is 16.1. The third kappa shape index (κ3) is 2.75. The lowest BCUT2D eigenvalue weighted by atomic mass is 9.81. The molecule has 4 rings (SSSR count). The zero-order valence-electron chi connectivity index (χ0n) is 14.1. The Morgan fingerprint density at radius 3 is 2.75 bits per heavy atom. The Kier molecular flexibility index (Phi) is 4.33. The van der Waals surface area contributed by atoms with Gasteiger partial charge < -0.3 is 20.1 Å². The van der Waals surface area contributed by atoms with Crippen LogP contribution in [0.1, 0.15) is 35.9 Å². The minimum absolute atomic E-state index is 0.0165. The number of hydrogen-bond acceptors (Lipinski definition) is 4. The molecule has 5 heteroatoms. The van der Waals surface area contributed by atoms with Gasteiger partial charge in [-0.15, -0.1) is 0 Å². The van der Waals surface area contributed by atoms with Crippen LogP contribution < -0.4 is 5.32 Å². The largest absolute Gasteiger partial charge is 0.393 e. The second-order valence-electron chi connectivity index (χ2n) is 7.46. The van der Waals surface area contributed by atoms with Gasteiger partial charge >= 0.3 is 0 Å². The number of amides is 1. The van der Waals surface area contributed by atoms with E-state index >= 15 is 0 Å². The maximum Gasteiger partial charge on any atom is 0.223 e. The number of methoxy groups -OCH3 is 1. The molecule has 1 aromatic rings. The van der Waals surface area contributed by atoms with Crippen molar-refractivity contribution in [2.45, 2.75) is 30.9 Å². The number of ether oxygens (including phenoxy) is 1. The minimum atomic E-state index is -0.291. The van der Waals surface area contributed by atoms with E-state index in [1.54, 1.807) is 7.11 Å². The summed E-state index contributed by atoms with van der Waals surface area (Å²) in [6.45, 7) is 3.74. The number of nitrogens with zero attached hydrogens (tertiary/aromatic N) is 1. The van der Waals surface area contributed by atoms with Gasteiger partial charge in [-0.2, -0.15) is 0 Å². The van der Waals surface area contributed by atoms with Gasteiger partial charge in [-0.1, -0.05) is 24.3 Å². The van der Waals surface area contributed by atoms with E-state index in [0.29, 0.717) is 24.7 Å². The van der Waals surface area contributed by atoms with Crippen LogP contribution in [0.4, 0.5) is 0 Å². The average molecular weight is 330 g/mol. The van der Waals surface area contributed by atoms with Gasteiger partial charge in [0.15, 0.2) is 0 Å². The molecule has 0 radical (unpaired) electrons. The van der Waals surface area contributed by atoms with Gasteiger partial charge in [-0.05, 0) is 24.0 Å². The lowest BCUT2D eigenvalue weighted by molar-refractivity contribution is -0.132. The molecule has 3 aliphatic rings. The molecular formula is C19H26N2O3. The maximum absolute atomic E-state index is 12.5. The van der Waals surface area contributed by atoms with Crippen molar-refractivity contribution in [3.63, 3.8) is 0 Å². The molecule has 1 aliphatic heterocycles. The first-order chi connectivity index (χ1) is 11.7. The molecule has 1 heterocycles. The second-order valence-corrected chi connectivity index (χ2v) is 7.46. The van der Waals surface area contributed by atoms with E-state index in [9.17, 15) is 9.90 Å². The number of carbonyl (C=O) groups is 1. The second kappa shape index (κ2) is 6.47. The summed E-state index contributed by atoms with van der Waals surface area (Å²) in [5.74, 6) is 1.02. The minimum Gasteiger partial charge on any atom is -0.393 e. The number of likely N-dealkylation sites (tertiary alicyclic amines) is 1. The van der Waals surface area contributed by atoms with Gasteiger partial charge in [0.2, 0.25) is 5.91 Å². The molecule has 130 valence electrons. The molecule has 1 aromatic carbocycles. The van der Waals surface area contributed by atoms with Crippen molar-refractivity contribution in [2.75, 3.05) is 33.4 Å². The molecule has 24 heavy (non-hydrogen) atoms. The Morgan fingerprint density at radius 1 is 1.29 bits per heavy atom. The number of hydrogen-bond donors (Lipinski definition) is 2. The normalized spacial score (nSPS) is 34.5. The van der Waals surface area contributed by atoms with Crippen LogP contribution in [-0.2, 0) is 9.53 Å². The summed E-state index contributed by atoms with van der Waals surface area (Å²) in [7, 11) is 1.74. The van der Waals surface area contributed by atoms with Crippen LogP contribution in [0.5, 0.6) is 0 Å². The molecular weight excluding hydrogens is 304 g/mol. The zero-order valence-corrected chi connectivity index (χ0v) is 14.1. The Labute approximate surface area is 143 Å². The molecule has 2 aliphatic carbocycles. The molecule has 1 saturated carbocycles. The van der Waals surface area contributed by atoms with Crippen LogP contribution >= 0.6 is 0 Å². The Bertz CT molecular complexity index is 614. The van der Waals surface area contributed by atoms with Crippen molar-refractivity contribution in [1.29, 1.82) is 0 Å². The van der Waals surface area contributed by atoms with Crippen molar-refractivity contribution in [1.82, 2.24) is 10.2 Å². The van der Waals surface area contributed by atoms with Crippen LogP contribution in [-0.4, -0.2) is 55.4 Å². The van der Waals surface area contributed by atoms with Gasteiger partial charge in [0.1, 0.15) is 0 Å². The highest BCUT2D eigenvalue weighted by molar-refractivity contribution is 5.80. The van der Waals surface area contributed by atoms with E-state index in [4.69, 9.17) is 4.74 Å². The van der Waals surface area contributed by atoms with E-state index in [0.717, 1.165) is 26.2 Å². The van der Waals surface area contributed by atoms with E-state index in [1.807, 2.05) is 0 Å². The van der Waals surface area contributed by atoms with Gasteiger partial charge in [0, 0.05) is 44.5 Å². The maximum atomic E-state index is 12.5. The van der Waals surface area contributed by atoms with Gasteiger partial charge in [-0.3, -0.25) is 4.79 Å². The first-order valence-electron chi connectivity index (χ1n) is 8.96. The molecule has 0 unspecified atom stereocenters. The Morgan fingerprint density at radius 2 is 2.04 bits per heavy atom. The van der Waals surface area contributed by atoms with Gasteiger partial charge in [-0.25, -0.2) is 0 Å². The third-order valence-corrected chi connectivity index (χ3v) is 5.99. The van der Waals surface area contributed by atoms with E-state index in [-0.39, 0.29) is 24.0 Å². The van der Waals surface area contributed by atoms with E-state index in [2.05, 4.69) is 34.5 Å². The fourth-order valence-electron chi connectivity index (χ4n) is 4.60. The van der Waals surface area contributed by atoms with Gasteiger partial charge in [0.25, 0.3) is 0 Å². The molecule has 2 N–H and O–H groups in total. The number of aliphatic hydroxyl groups excluding tert-OH is 1. The molecule has 5 nitrogen and oxygen atoms in total. The standard InChI is InChI=1S/C19H26N2O3/c1-24-7-6-21-10-16-14-4-2-3-5-15(14)18(17(16)11-21)20-19(23)12-8-13(22)9-12/h2-5,12-13,16-18,22H,6-11H2,1H3,(H,20,23)/t12?,13?,16-,17-,18+/m0/s1. The molecule has 2 fully saturated rings. The first-order valence-corrected chi connectivity index (χ1v) is 8.96. The highest BCUT2D eigenvalue weighted by Crippen LogP contribution is 2.49. The summed E-state index contributed by atoms with van der Waals surface area (Å²) in [6, 6.07) is 8.64. The number of fused-ring (bicyclic) bond motifs is 3. The van der Waals surface area contributed by atoms with Crippen molar-refractivity contribution in [3.05, 3.63) is 35.4 Å². The molecule has 0 bridgehead atoms. The SMILES string of the molecule is COCCN1C[C@@H]2[C@H](NC(=O)C3CC(O)C3)c3ccccc3[C@@H]2C1. The van der Waals surface area contributed by atoms with E-state index < -0.39 is 0 Å².